The molecule has 0 saturated heterocycles. The van der Waals surface area contributed by atoms with Gasteiger partial charge in [0.25, 0.3) is 0 Å². The molecule has 4 atom stereocenters. The Balaban J connectivity index is 2.07. The molecule has 108 valence electrons. The molecule has 4 unspecified atom stereocenters. The fourth-order valence-corrected chi connectivity index (χ4v) is 2.80. The monoisotopic (exact) mass is 255 g/mol. The number of hydrogen-bond donors (Lipinski definition) is 1. The van der Waals surface area contributed by atoms with Crippen molar-refractivity contribution in [1.82, 2.24) is 5.32 Å². The van der Waals surface area contributed by atoms with Gasteiger partial charge in [-0.2, -0.15) is 0 Å². The molecule has 2 nitrogen and oxygen atoms in total. The summed E-state index contributed by atoms with van der Waals surface area (Å²) in [6.07, 6.45) is 8.63. The predicted molar refractivity (Wildman–Crippen MR) is 78.9 cm³/mol. The Morgan fingerprint density at radius 2 is 1.94 bits per heavy atom. The van der Waals surface area contributed by atoms with Crippen molar-refractivity contribution in [2.24, 2.45) is 11.8 Å². The van der Waals surface area contributed by atoms with Gasteiger partial charge >= 0.3 is 0 Å². The predicted octanol–water partition coefficient (Wildman–Crippen LogP) is 4.00. The minimum absolute atomic E-state index is 0.359. The van der Waals surface area contributed by atoms with E-state index in [9.17, 15) is 0 Å². The number of hydrogen-bond acceptors (Lipinski definition) is 2. The van der Waals surface area contributed by atoms with Gasteiger partial charge in [0.05, 0.1) is 12.2 Å². The van der Waals surface area contributed by atoms with Crippen LogP contribution in [0.5, 0.6) is 0 Å². The summed E-state index contributed by atoms with van der Waals surface area (Å²) in [5.74, 6) is 1.71. The first kappa shape index (κ1) is 16.0. The molecule has 1 fully saturated rings. The van der Waals surface area contributed by atoms with Crippen LogP contribution in [0.2, 0.25) is 0 Å². The number of ether oxygens (including phenoxy) is 1. The Morgan fingerprint density at radius 3 is 2.61 bits per heavy atom. The third-order valence-electron chi connectivity index (χ3n) is 4.36. The maximum absolute atomic E-state index is 6.15. The van der Waals surface area contributed by atoms with Gasteiger partial charge in [-0.1, -0.05) is 33.6 Å². The Morgan fingerprint density at radius 1 is 1.17 bits per heavy atom. The van der Waals surface area contributed by atoms with Crippen LogP contribution in [0.25, 0.3) is 0 Å². The van der Waals surface area contributed by atoms with Gasteiger partial charge in [0.15, 0.2) is 0 Å². The van der Waals surface area contributed by atoms with Crippen molar-refractivity contribution in [3.05, 3.63) is 0 Å². The molecule has 0 radical (unpaired) electrons. The largest absolute Gasteiger partial charge is 0.374 e. The minimum Gasteiger partial charge on any atom is -0.374 e. The molecule has 2 heteroatoms. The van der Waals surface area contributed by atoms with Crippen LogP contribution >= 0.6 is 0 Å². The lowest BCUT2D eigenvalue weighted by molar-refractivity contribution is -0.0383. The van der Waals surface area contributed by atoms with E-state index in [2.05, 4.69) is 33.0 Å². The number of nitrogens with one attached hydrogen (secondary N) is 1. The van der Waals surface area contributed by atoms with Crippen LogP contribution in [-0.4, -0.2) is 25.3 Å². The maximum atomic E-state index is 6.15. The van der Waals surface area contributed by atoms with E-state index in [-0.39, 0.29) is 0 Å². The maximum Gasteiger partial charge on any atom is 0.0675 e. The van der Waals surface area contributed by atoms with Crippen LogP contribution in [-0.2, 0) is 4.74 Å². The average molecular weight is 255 g/mol. The van der Waals surface area contributed by atoms with Crippen molar-refractivity contribution in [1.29, 1.82) is 0 Å². The van der Waals surface area contributed by atoms with E-state index in [1.807, 2.05) is 0 Å². The van der Waals surface area contributed by atoms with E-state index in [0.717, 1.165) is 24.9 Å². The standard InChI is InChI=1S/C16H33NO/c1-5-6-7-10-17-12-15(4)18-16-9-8-13(2)14(3)11-16/h13-17H,5-12H2,1-4H3. The van der Waals surface area contributed by atoms with Crippen molar-refractivity contribution < 1.29 is 4.74 Å². The fourth-order valence-electron chi connectivity index (χ4n) is 2.80. The van der Waals surface area contributed by atoms with Gasteiger partial charge in [-0.25, -0.2) is 0 Å². The normalized spacial score (nSPS) is 30.3. The molecule has 0 aliphatic heterocycles. The zero-order chi connectivity index (χ0) is 13.4. The molecule has 0 heterocycles. The highest BCUT2D eigenvalue weighted by Crippen LogP contribution is 2.31. The molecule has 1 aliphatic carbocycles. The van der Waals surface area contributed by atoms with E-state index >= 15 is 0 Å². The molecule has 18 heavy (non-hydrogen) atoms. The molecule has 0 aromatic rings. The van der Waals surface area contributed by atoms with Crippen LogP contribution in [0.15, 0.2) is 0 Å². The summed E-state index contributed by atoms with van der Waals surface area (Å²) in [7, 11) is 0. The molecule has 1 saturated carbocycles. The lowest BCUT2D eigenvalue weighted by Crippen LogP contribution is -2.34. The Bertz CT molecular complexity index is 207. The van der Waals surface area contributed by atoms with Crippen molar-refractivity contribution in [2.75, 3.05) is 13.1 Å². The second-order valence-electron chi connectivity index (χ2n) is 6.25. The fraction of sp³-hybridized carbons (Fsp3) is 1.00. The average Bonchev–Trinajstić information content (AvgIpc) is 2.34. The summed E-state index contributed by atoms with van der Waals surface area (Å²) >= 11 is 0. The third kappa shape index (κ3) is 6.19. The molecule has 1 N–H and O–H groups in total. The zero-order valence-electron chi connectivity index (χ0n) is 12.9. The molecule has 0 aromatic heterocycles. The molecule has 1 rings (SSSR count). The smallest absolute Gasteiger partial charge is 0.0675 e. The SMILES string of the molecule is CCCCCNCC(C)OC1CCC(C)C(C)C1. The van der Waals surface area contributed by atoms with E-state index in [1.165, 1.54) is 38.5 Å². The first-order valence-electron chi connectivity index (χ1n) is 7.99. The van der Waals surface area contributed by atoms with Gasteiger partial charge in [-0.3, -0.25) is 0 Å². The van der Waals surface area contributed by atoms with Crippen LogP contribution in [0.4, 0.5) is 0 Å². The van der Waals surface area contributed by atoms with Crippen molar-refractivity contribution >= 4 is 0 Å². The highest BCUT2D eigenvalue weighted by Gasteiger charge is 2.25. The Labute approximate surface area is 114 Å². The quantitative estimate of drug-likeness (QED) is 0.662. The second-order valence-corrected chi connectivity index (χ2v) is 6.25. The lowest BCUT2D eigenvalue weighted by Gasteiger charge is -2.33. The Kier molecular flexibility index (Phi) is 7.92. The molecule has 0 spiro atoms. The van der Waals surface area contributed by atoms with E-state index in [0.29, 0.717) is 12.2 Å². The van der Waals surface area contributed by atoms with Crippen molar-refractivity contribution in [3.63, 3.8) is 0 Å². The third-order valence-corrected chi connectivity index (χ3v) is 4.36. The summed E-state index contributed by atoms with van der Waals surface area (Å²) in [4.78, 5) is 0. The first-order chi connectivity index (χ1) is 8.63. The molecular formula is C16H33NO. The molecule has 0 amide bonds. The topological polar surface area (TPSA) is 21.3 Å². The Hall–Kier alpha value is -0.0800. The summed E-state index contributed by atoms with van der Waals surface area (Å²) in [6.45, 7) is 11.3. The van der Waals surface area contributed by atoms with Gasteiger partial charge in [0.2, 0.25) is 0 Å². The highest BCUT2D eigenvalue weighted by molar-refractivity contribution is 4.76. The van der Waals surface area contributed by atoms with Gasteiger partial charge in [-0.05, 0) is 51.0 Å². The van der Waals surface area contributed by atoms with Gasteiger partial charge in [0, 0.05) is 6.54 Å². The van der Waals surface area contributed by atoms with Gasteiger partial charge in [0.1, 0.15) is 0 Å². The first-order valence-corrected chi connectivity index (χ1v) is 7.99. The number of rotatable bonds is 8. The van der Waals surface area contributed by atoms with Crippen LogP contribution in [0.1, 0.15) is 66.2 Å². The lowest BCUT2D eigenvalue weighted by atomic mass is 9.80. The van der Waals surface area contributed by atoms with Crippen molar-refractivity contribution in [2.45, 2.75) is 78.4 Å². The summed E-state index contributed by atoms with van der Waals surface area (Å²) in [6, 6.07) is 0. The molecular weight excluding hydrogens is 222 g/mol. The second kappa shape index (κ2) is 8.92. The van der Waals surface area contributed by atoms with E-state index in [4.69, 9.17) is 4.74 Å². The van der Waals surface area contributed by atoms with Gasteiger partial charge in [-0.15, -0.1) is 0 Å². The molecule has 0 aromatic carbocycles. The zero-order valence-corrected chi connectivity index (χ0v) is 12.9. The van der Waals surface area contributed by atoms with Crippen LogP contribution in [0.3, 0.4) is 0 Å². The van der Waals surface area contributed by atoms with Crippen LogP contribution < -0.4 is 5.32 Å². The van der Waals surface area contributed by atoms with Crippen molar-refractivity contribution in [3.8, 4) is 0 Å². The molecule has 0 bridgehead atoms. The van der Waals surface area contributed by atoms with Gasteiger partial charge < -0.3 is 10.1 Å². The van der Waals surface area contributed by atoms with E-state index in [1.54, 1.807) is 0 Å². The number of unbranched alkanes of at least 4 members (excludes halogenated alkanes) is 2. The summed E-state index contributed by atoms with van der Waals surface area (Å²) in [5, 5.41) is 3.50. The minimum atomic E-state index is 0.359. The van der Waals surface area contributed by atoms with Crippen LogP contribution in [0, 0.1) is 11.8 Å². The van der Waals surface area contributed by atoms with E-state index < -0.39 is 0 Å². The highest BCUT2D eigenvalue weighted by atomic mass is 16.5. The molecule has 1 aliphatic rings. The summed E-state index contributed by atoms with van der Waals surface area (Å²) in [5.41, 5.74) is 0. The summed E-state index contributed by atoms with van der Waals surface area (Å²) < 4.78 is 6.15.